The largest absolute Gasteiger partial charge is 0.309 e. The first-order valence-electron chi connectivity index (χ1n) is 9.66. The molecule has 9 heteroatoms. The van der Waals surface area contributed by atoms with Crippen LogP contribution in [0, 0.1) is 11.8 Å². The molecular formula is C21H20Cl2N4O3. The van der Waals surface area contributed by atoms with Gasteiger partial charge in [0.1, 0.15) is 11.9 Å². The van der Waals surface area contributed by atoms with Gasteiger partial charge in [-0.2, -0.15) is 5.10 Å². The second-order valence-electron chi connectivity index (χ2n) is 7.45. The Labute approximate surface area is 183 Å². The van der Waals surface area contributed by atoms with Gasteiger partial charge >= 0.3 is 0 Å². The molecule has 2 heterocycles. The number of halogens is 2. The third-order valence-corrected chi connectivity index (χ3v) is 6.49. The minimum atomic E-state index is -0.922. The van der Waals surface area contributed by atoms with Crippen LogP contribution in [0.2, 0.25) is 10.0 Å². The molecule has 0 bridgehead atoms. The number of nitrogens with one attached hydrogen (secondary N) is 1. The second kappa shape index (κ2) is 8.24. The molecule has 2 aromatic rings. The number of imide groups is 1. The van der Waals surface area contributed by atoms with Crippen molar-refractivity contribution in [2.24, 2.45) is 11.8 Å². The van der Waals surface area contributed by atoms with E-state index in [1.54, 1.807) is 36.0 Å². The molecule has 4 rings (SSSR count). The van der Waals surface area contributed by atoms with Gasteiger partial charge in [0.25, 0.3) is 0 Å². The van der Waals surface area contributed by atoms with Crippen molar-refractivity contribution in [1.29, 1.82) is 0 Å². The highest BCUT2D eigenvalue weighted by Gasteiger charge is 2.50. The lowest BCUT2D eigenvalue weighted by Gasteiger charge is -2.22. The first kappa shape index (κ1) is 20.6. The van der Waals surface area contributed by atoms with Crippen molar-refractivity contribution in [1.82, 2.24) is 14.7 Å². The highest BCUT2D eigenvalue weighted by molar-refractivity contribution is 6.42. The average molecular weight is 447 g/mol. The van der Waals surface area contributed by atoms with E-state index in [1.807, 2.05) is 18.2 Å². The number of fused-ring (bicyclic) bond motifs is 1. The second-order valence-corrected chi connectivity index (χ2v) is 8.24. The predicted molar refractivity (Wildman–Crippen MR) is 113 cm³/mol. The van der Waals surface area contributed by atoms with Crippen LogP contribution in [0.5, 0.6) is 0 Å². The summed E-state index contributed by atoms with van der Waals surface area (Å²) in [5, 5.41) is 7.85. The quantitative estimate of drug-likeness (QED) is 0.562. The Morgan fingerprint density at radius 2 is 1.83 bits per heavy atom. The highest BCUT2D eigenvalue weighted by atomic mass is 35.5. The van der Waals surface area contributed by atoms with E-state index in [9.17, 15) is 14.4 Å². The number of carbonyl (C=O) groups is 3. The van der Waals surface area contributed by atoms with Crippen LogP contribution in [0.3, 0.4) is 0 Å². The molecule has 156 valence electrons. The summed E-state index contributed by atoms with van der Waals surface area (Å²) in [6, 6.07) is 6.01. The molecule has 1 N–H and O–H groups in total. The van der Waals surface area contributed by atoms with E-state index in [1.165, 1.54) is 0 Å². The molecule has 2 aliphatic rings. The molecule has 30 heavy (non-hydrogen) atoms. The summed E-state index contributed by atoms with van der Waals surface area (Å²) in [7, 11) is 0. The Hall–Kier alpha value is -2.64. The van der Waals surface area contributed by atoms with Crippen LogP contribution < -0.4 is 5.32 Å². The topological polar surface area (TPSA) is 84.3 Å². The standard InChI is InChI=1S/C21H20Cl2N4O3/c1-12(27-20(29)14-6-2-3-7-15(14)21(27)30)19(28)25-17-9-10-24-26(17)11-13-5-4-8-16(22)18(13)23/h2-5,8-10,12,14-15H,6-7,11H2,1H3,(H,25,28)/t12-,14?,15?/m0/s1. The van der Waals surface area contributed by atoms with Crippen LogP contribution in [0.1, 0.15) is 25.3 Å². The van der Waals surface area contributed by atoms with E-state index in [0.29, 0.717) is 35.2 Å². The number of nitrogens with zero attached hydrogens (tertiary/aromatic N) is 3. The average Bonchev–Trinajstić information content (AvgIpc) is 3.27. The fourth-order valence-corrected chi connectivity index (χ4v) is 4.33. The molecule has 0 spiro atoms. The summed E-state index contributed by atoms with van der Waals surface area (Å²) in [5.41, 5.74) is 0.748. The van der Waals surface area contributed by atoms with Gasteiger partial charge in [0, 0.05) is 6.07 Å². The first-order valence-corrected chi connectivity index (χ1v) is 10.4. The monoisotopic (exact) mass is 446 g/mol. The van der Waals surface area contributed by atoms with Crippen molar-refractivity contribution in [3.8, 4) is 0 Å². The summed E-state index contributed by atoms with van der Waals surface area (Å²) in [6.07, 6.45) is 6.45. The van der Waals surface area contributed by atoms with Gasteiger partial charge < -0.3 is 5.32 Å². The molecular weight excluding hydrogens is 427 g/mol. The third-order valence-electron chi connectivity index (χ3n) is 5.63. The molecule has 3 atom stereocenters. The summed E-state index contributed by atoms with van der Waals surface area (Å²) >= 11 is 12.3. The number of likely N-dealkylation sites (tertiary alicyclic amines) is 1. The summed E-state index contributed by atoms with van der Waals surface area (Å²) in [5.74, 6) is -1.32. The number of amides is 3. The van der Waals surface area contributed by atoms with Crippen LogP contribution in [-0.2, 0) is 20.9 Å². The maximum absolute atomic E-state index is 12.9. The number of allylic oxidation sites excluding steroid dienone is 2. The minimum absolute atomic E-state index is 0.281. The lowest BCUT2D eigenvalue weighted by atomic mass is 9.85. The molecule has 0 radical (unpaired) electrons. The van der Waals surface area contributed by atoms with Gasteiger partial charge in [-0.05, 0) is 31.4 Å². The Balaban J connectivity index is 1.48. The van der Waals surface area contributed by atoms with Crippen LogP contribution in [-0.4, -0.2) is 38.4 Å². The summed E-state index contributed by atoms with van der Waals surface area (Å²) in [6.45, 7) is 1.86. The number of benzene rings is 1. The predicted octanol–water partition coefficient (Wildman–Crippen LogP) is 3.52. The molecule has 1 fully saturated rings. The molecule has 1 aromatic carbocycles. The summed E-state index contributed by atoms with van der Waals surface area (Å²) in [4.78, 5) is 39.4. The Bertz CT molecular complexity index is 1020. The van der Waals surface area contributed by atoms with E-state index in [2.05, 4.69) is 10.4 Å². The number of aromatic nitrogens is 2. The van der Waals surface area contributed by atoms with Gasteiger partial charge in [0.05, 0.1) is 34.6 Å². The summed E-state index contributed by atoms with van der Waals surface area (Å²) < 4.78 is 1.57. The molecule has 1 aromatic heterocycles. The van der Waals surface area contributed by atoms with Crippen molar-refractivity contribution in [2.75, 3.05) is 5.32 Å². The van der Waals surface area contributed by atoms with Gasteiger partial charge in [0.2, 0.25) is 17.7 Å². The molecule has 3 amide bonds. The van der Waals surface area contributed by atoms with Gasteiger partial charge in [0.15, 0.2) is 0 Å². The number of anilines is 1. The normalized spacial score (nSPS) is 21.6. The third kappa shape index (κ3) is 3.63. The number of carbonyl (C=O) groups excluding carboxylic acids is 3. The zero-order valence-electron chi connectivity index (χ0n) is 16.2. The fourth-order valence-electron chi connectivity index (χ4n) is 3.95. The first-order chi connectivity index (χ1) is 14.4. The van der Waals surface area contributed by atoms with Crippen molar-refractivity contribution in [3.63, 3.8) is 0 Å². The van der Waals surface area contributed by atoms with Crippen LogP contribution in [0.15, 0.2) is 42.6 Å². The van der Waals surface area contributed by atoms with E-state index >= 15 is 0 Å². The Kier molecular flexibility index (Phi) is 5.66. The number of rotatable bonds is 5. The van der Waals surface area contributed by atoms with Crippen LogP contribution >= 0.6 is 23.2 Å². The van der Waals surface area contributed by atoms with Gasteiger partial charge in [-0.3, -0.25) is 19.3 Å². The van der Waals surface area contributed by atoms with Crippen molar-refractivity contribution >= 4 is 46.7 Å². The van der Waals surface area contributed by atoms with Gasteiger partial charge in [-0.25, -0.2) is 4.68 Å². The minimum Gasteiger partial charge on any atom is -0.309 e. The van der Waals surface area contributed by atoms with Crippen molar-refractivity contribution in [3.05, 3.63) is 58.2 Å². The van der Waals surface area contributed by atoms with E-state index in [4.69, 9.17) is 23.2 Å². The zero-order valence-corrected chi connectivity index (χ0v) is 17.7. The van der Waals surface area contributed by atoms with Crippen LogP contribution in [0.25, 0.3) is 0 Å². The number of hydrogen-bond acceptors (Lipinski definition) is 4. The molecule has 7 nitrogen and oxygen atoms in total. The molecule has 1 saturated heterocycles. The van der Waals surface area contributed by atoms with Gasteiger partial charge in [-0.1, -0.05) is 47.5 Å². The van der Waals surface area contributed by atoms with Crippen LogP contribution in [0.4, 0.5) is 5.82 Å². The lowest BCUT2D eigenvalue weighted by molar-refractivity contribution is -0.146. The van der Waals surface area contributed by atoms with E-state index in [0.717, 1.165) is 10.5 Å². The molecule has 1 aliphatic heterocycles. The SMILES string of the molecule is C[C@@H](C(=O)Nc1ccnn1Cc1cccc(Cl)c1Cl)N1C(=O)C2CC=CCC2C1=O. The van der Waals surface area contributed by atoms with E-state index < -0.39 is 11.9 Å². The molecule has 0 saturated carbocycles. The Morgan fingerprint density at radius 1 is 1.17 bits per heavy atom. The van der Waals surface area contributed by atoms with Crippen molar-refractivity contribution < 1.29 is 14.4 Å². The number of hydrogen-bond donors (Lipinski definition) is 1. The Morgan fingerprint density at radius 3 is 2.50 bits per heavy atom. The maximum Gasteiger partial charge on any atom is 0.248 e. The lowest BCUT2D eigenvalue weighted by Crippen LogP contribution is -2.46. The molecule has 1 aliphatic carbocycles. The zero-order chi connectivity index (χ0) is 21.4. The fraction of sp³-hybridized carbons (Fsp3) is 0.333. The smallest absolute Gasteiger partial charge is 0.248 e. The highest BCUT2D eigenvalue weighted by Crippen LogP contribution is 2.36. The molecule has 2 unspecified atom stereocenters. The van der Waals surface area contributed by atoms with Crippen molar-refractivity contribution in [2.45, 2.75) is 32.4 Å². The maximum atomic E-state index is 12.9. The van der Waals surface area contributed by atoms with Gasteiger partial charge in [-0.15, -0.1) is 0 Å². The van der Waals surface area contributed by atoms with E-state index in [-0.39, 0.29) is 23.7 Å².